The summed E-state index contributed by atoms with van der Waals surface area (Å²) < 4.78 is 0. The van der Waals surface area contributed by atoms with E-state index in [4.69, 9.17) is 0 Å². The van der Waals surface area contributed by atoms with Gasteiger partial charge in [0.25, 0.3) is 0 Å². The predicted molar refractivity (Wildman–Crippen MR) is 59.8 cm³/mol. The van der Waals surface area contributed by atoms with Gasteiger partial charge in [0, 0.05) is 0 Å². The third kappa shape index (κ3) is 4.15. The maximum atomic E-state index is 2.40. The Morgan fingerprint density at radius 2 is 1.92 bits per heavy atom. The lowest BCUT2D eigenvalue weighted by Crippen LogP contribution is -1.94. The van der Waals surface area contributed by atoms with Crippen molar-refractivity contribution in [2.45, 2.75) is 65.7 Å². The summed E-state index contributed by atoms with van der Waals surface area (Å²) in [5.41, 5.74) is 0. The number of unbranched alkanes of at least 4 members (excludes halogenated alkanes) is 2. The SMILES string of the molecule is CCCCCC1CC1CC(C)CC. The van der Waals surface area contributed by atoms with Gasteiger partial charge in [0.1, 0.15) is 0 Å². The van der Waals surface area contributed by atoms with Crippen LogP contribution in [0.4, 0.5) is 0 Å². The third-order valence-corrected chi connectivity index (χ3v) is 3.65. The molecular formula is C13H26. The molecule has 1 fully saturated rings. The minimum Gasteiger partial charge on any atom is -0.0654 e. The molecule has 1 aliphatic carbocycles. The van der Waals surface area contributed by atoms with Crippen molar-refractivity contribution in [1.29, 1.82) is 0 Å². The lowest BCUT2D eigenvalue weighted by atomic mass is 10.00. The summed E-state index contributed by atoms with van der Waals surface area (Å²) >= 11 is 0. The van der Waals surface area contributed by atoms with Gasteiger partial charge in [-0.15, -0.1) is 0 Å². The number of rotatable bonds is 7. The Morgan fingerprint density at radius 3 is 2.54 bits per heavy atom. The molecule has 0 N–H and O–H groups in total. The molecule has 78 valence electrons. The van der Waals surface area contributed by atoms with Crippen molar-refractivity contribution >= 4 is 0 Å². The molecule has 0 bridgehead atoms. The van der Waals surface area contributed by atoms with Gasteiger partial charge in [-0.1, -0.05) is 52.9 Å². The molecule has 3 unspecified atom stereocenters. The Morgan fingerprint density at radius 1 is 1.15 bits per heavy atom. The van der Waals surface area contributed by atoms with Crippen molar-refractivity contribution in [2.24, 2.45) is 17.8 Å². The molecule has 0 saturated heterocycles. The minimum atomic E-state index is 0.973. The highest BCUT2D eigenvalue weighted by molar-refractivity contribution is 4.86. The second kappa shape index (κ2) is 5.67. The van der Waals surface area contributed by atoms with Gasteiger partial charge < -0.3 is 0 Å². The van der Waals surface area contributed by atoms with Gasteiger partial charge in [-0.25, -0.2) is 0 Å². The first-order valence-corrected chi connectivity index (χ1v) is 6.27. The van der Waals surface area contributed by atoms with Crippen LogP contribution in [0, 0.1) is 17.8 Å². The van der Waals surface area contributed by atoms with Crippen LogP contribution in [0.5, 0.6) is 0 Å². The summed E-state index contributed by atoms with van der Waals surface area (Å²) in [6, 6.07) is 0. The zero-order valence-corrected chi connectivity index (χ0v) is 9.68. The van der Waals surface area contributed by atoms with Crippen molar-refractivity contribution in [1.82, 2.24) is 0 Å². The molecule has 0 amide bonds. The van der Waals surface area contributed by atoms with Gasteiger partial charge in [0.15, 0.2) is 0 Å². The average molecular weight is 182 g/mol. The van der Waals surface area contributed by atoms with Crippen LogP contribution in [0.1, 0.15) is 65.7 Å². The maximum Gasteiger partial charge on any atom is -0.0380 e. The molecule has 0 heterocycles. The Hall–Kier alpha value is 0. The Bertz CT molecular complexity index is 128. The van der Waals surface area contributed by atoms with E-state index in [-0.39, 0.29) is 0 Å². The van der Waals surface area contributed by atoms with Crippen molar-refractivity contribution < 1.29 is 0 Å². The van der Waals surface area contributed by atoms with Crippen LogP contribution in [0.25, 0.3) is 0 Å². The highest BCUT2D eigenvalue weighted by Gasteiger charge is 2.36. The summed E-state index contributed by atoms with van der Waals surface area (Å²) in [6.45, 7) is 7.02. The summed E-state index contributed by atoms with van der Waals surface area (Å²) in [7, 11) is 0. The van der Waals surface area contributed by atoms with Crippen molar-refractivity contribution in [3.05, 3.63) is 0 Å². The van der Waals surface area contributed by atoms with Crippen LogP contribution in [0.3, 0.4) is 0 Å². The number of hydrogen-bond donors (Lipinski definition) is 0. The lowest BCUT2D eigenvalue weighted by Gasteiger charge is -2.06. The van der Waals surface area contributed by atoms with E-state index in [1.807, 2.05) is 0 Å². The molecule has 0 nitrogen and oxygen atoms in total. The monoisotopic (exact) mass is 182 g/mol. The molecule has 0 aromatic heterocycles. The standard InChI is InChI=1S/C13H26/c1-4-6-7-8-12-10-13(12)9-11(3)5-2/h11-13H,4-10H2,1-3H3. The summed E-state index contributed by atoms with van der Waals surface area (Å²) in [4.78, 5) is 0. The smallest absolute Gasteiger partial charge is 0.0380 e. The summed E-state index contributed by atoms with van der Waals surface area (Å²) in [6.07, 6.45) is 10.3. The van der Waals surface area contributed by atoms with Gasteiger partial charge in [-0.2, -0.15) is 0 Å². The first kappa shape index (κ1) is 11.1. The van der Waals surface area contributed by atoms with E-state index >= 15 is 0 Å². The van der Waals surface area contributed by atoms with E-state index in [0.717, 1.165) is 17.8 Å². The molecule has 0 heteroatoms. The average Bonchev–Trinajstić information content (AvgIpc) is 2.84. The second-order valence-corrected chi connectivity index (χ2v) is 5.00. The van der Waals surface area contributed by atoms with Crippen LogP contribution < -0.4 is 0 Å². The Kier molecular flexibility index (Phi) is 4.83. The van der Waals surface area contributed by atoms with E-state index < -0.39 is 0 Å². The zero-order chi connectivity index (χ0) is 9.68. The fourth-order valence-corrected chi connectivity index (χ4v) is 2.29. The summed E-state index contributed by atoms with van der Waals surface area (Å²) in [5, 5.41) is 0. The molecule has 3 atom stereocenters. The van der Waals surface area contributed by atoms with E-state index in [0.29, 0.717) is 0 Å². The van der Waals surface area contributed by atoms with Gasteiger partial charge in [-0.3, -0.25) is 0 Å². The fourth-order valence-electron chi connectivity index (χ4n) is 2.29. The van der Waals surface area contributed by atoms with E-state index in [1.54, 1.807) is 6.42 Å². The zero-order valence-electron chi connectivity index (χ0n) is 9.68. The quantitative estimate of drug-likeness (QED) is 0.503. The van der Waals surface area contributed by atoms with Crippen LogP contribution in [0.15, 0.2) is 0 Å². The largest absolute Gasteiger partial charge is 0.0654 e. The Labute approximate surface area is 84.1 Å². The van der Waals surface area contributed by atoms with E-state index in [9.17, 15) is 0 Å². The van der Waals surface area contributed by atoms with Crippen LogP contribution in [0.2, 0.25) is 0 Å². The molecule has 0 radical (unpaired) electrons. The van der Waals surface area contributed by atoms with Crippen LogP contribution >= 0.6 is 0 Å². The third-order valence-electron chi connectivity index (χ3n) is 3.65. The van der Waals surface area contributed by atoms with E-state index in [1.165, 1.54) is 38.5 Å². The molecule has 1 saturated carbocycles. The minimum absolute atomic E-state index is 0.973. The molecule has 1 aliphatic rings. The van der Waals surface area contributed by atoms with Gasteiger partial charge in [-0.05, 0) is 30.6 Å². The van der Waals surface area contributed by atoms with Crippen LogP contribution in [-0.2, 0) is 0 Å². The Balaban J connectivity index is 1.96. The lowest BCUT2D eigenvalue weighted by molar-refractivity contribution is 0.452. The highest BCUT2D eigenvalue weighted by Crippen LogP contribution is 2.46. The van der Waals surface area contributed by atoms with Crippen LogP contribution in [-0.4, -0.2) is 0 Å². The molecular weight excluding hydrogens is 156 g/mol. The highest BCUT2D eigenvalue weighted by atomic mass is 14.4. The topological polar surface area (TPSA) is 0 Å². The van der Waals surface area contributed by atoms with Crippen molar-refractivity contribution in [2.75, 3.05) is 0 Å². The predicted octanol–water partition coefficient (Wildman–Crippen LogP) is 4.64. The molecule has 1 rings (SSSR count). The van der Waals surface area contributed by atoms with Crippen molar-refractivity contribution in [3.63, 3.8) is 0 Å². The van der Waals surface area contributed by atoms with Gasteiger partial charge >= 0.3 is 0 Å². The molecule has 0 aromatic rings. The summed E-state index contributed by atoms with van der Waals surface area (Å²) in [5.74, 6) is 3.22. The fraction of sp³-hybridized carbons (Fsp3) is 1.00. The molecule has 13 heavy (non-hydrogen) atoms. The number of hydrogen-bond acceptors (Lipinski definition) is 0. The van der Waals surface area contributed by atoms with E-state index in [2.05, 4.69) is 20.8 Å². The van der Waals surface area contributed by atoms with Gasteiger partial charge in [0.05, 0.1) is 0 Å². The molecule has 0 aliphatic heterocycles. The first-order valence-electron chi connectivity index (χ1n) is 6.27. The van der Waals surface area contributed by atoms with Crippen molar-refractivity contribution in [3.8, 4) is 0 Å². The first-order chi connectivity index (χ1) is 6.27. The molecule has 0 aromatic carbocycles. The van der Waals surface area contributed by atoms with Gasteiger partial charge in [0.2, 0.25) is 0 Å². The molecule has 0 spiro atoms. The normalized spacial score (nSPS) is 28.8. The maximum absolute atomic E-state index is 2.40. The second-order valence-electron chi connectivity index (χ2n) is 5.00.